The van der Waals surface area contributed by atoms with Gasteiger partial charge in [-0.3, -0.25) is 14.7 Å². The van der Waals surface area contributed by atoms with Crippen LogP contribution in [0.25, 0.3) is 0 Å². The fourth-order valence-electron chi connectivity index (χ4n) is 2.31. The van der Waals surface area contributed by atoms with Crippen molar-refractivity contribution in [3.63, 3.8) is 0 Å². The number of H-pyrrole nitrogens is 1. The van der Waals surface area contributed by atoms with E-state index in [0.29, 0.717) is 5.69 Å². The van der Waals surface area contributed by atoms with Crippen LogP contribution in [0.15, 0.2) is 30.3 Å². The molecule has 6 nitrogen and oxygen atoms in total. The minimum Gasteiger partial charge on any atom is -0.325 e. The molecule has 0 fully saturated rings. The third kappa shape index (κ3) is 4.07. The van der Waals surface area contributed by atoms with Gasteiger partial charge >= 0.3 is 0 Å². The summed E-state index contributed by atoms with van der Waals surface area (Å²) in [7, 11) is 0. The summed E-state index contributed by atoms with van der Waals surface area (Å²) in [6.07, 6.45) is 2.56. The minimum atomic E-state index is -1.42. The maximum atomic E-state index is 12.4. The van der Waals surface area contributed by atoms with E-state index in [1.54, 1.807) is 24.3 Å². The molecule has 24 heavy (non-hydrogen) atoms. The fraction of sp³-hybridized carbons (Fsp3) is 0.333. The first-order valence-corrected chi connectivity index (χ1v) is 7.97. The highest BCUT2D eigenvalue weighted by Gasteiger charge is 2.29. The number of hydrogen-bond donors (Lipinski definition) is 2. The Kier molecular flexibility index (Phi) is 5.85. The van der Waals surface area contributed by atoms with Crippen LogP contribution >= 0.6 is 0 Å². The number of nitriles is 1. The Labute approximate surface area is 140 Å². The van der Waals surface area contributed by atoms with E-state index in [1.165, 1.54) is 0 Å². The average molecular weight is 324 g/mol. The lowest BCUT2D eigenvalue weighted by atomic mass is 10.0. The lowest BCUT2D eigenvalue weighted by molar-refractivity contribution is -0.117. The van der Waals surface area contributed by atoms with Gasteiger partial charge in [-0.2, -0.15) is 10.4 Å². The van der Waals surface area contributed by atoms with Gasteiger partial charge in [-0.05, 0) is 36.6 Å². The number of benzene rings is 1. The first kappa shape index (κ1) is 17.4. The summed E-state index contributed by atoms with van der Waals surface area (Å²) < 4.78 is 0. The van der Waals surface area contributed by atoms with Crippen molar-refractivity contribution >= 4 is 17.4 Å². The highest BCUT2D eigenvalue weighted by Crippen LogP contribution is 2.14. The third-order valence-corrected chi connectivity index (χ3v) is 3.69. The molecule has 2 aromatic rings. The van der Waals surface area contributed by atoms with Crippen LogP contribution in [0.2, 0.25) is 0 Å². The van der Waals surface area contributed by atoms with Crippen LogP contribution in [0.1, 0.15) is 42.0 Å². The van der Waals surface area contributed by atoms with Crippen LogP contribution in [0.5, 0.6) is 0 Å². The maximum Gasteiger partial charge on any atom is 0.249 e. The highest BCUT2D eigenvalue weighted by molar-refractivity contribution is 6.14. The van der Waals surface area contributed by atoms with Gasteiger partial charge in [0.25, 0.3) is 0 Å². The van der Waals surface area contributed by atoms with Gasteiger partial charge in [0.15, 0.2) is 5.92 Å². The molecule has 0 spiro atoms. The predicted molar refractivity (Wildman–Crippen MR) is 90.5 cm³/mol. The Bertz CT molecular complexity index is 756. The first-order valence-electron chi connectivity index (χ1n) is 7.97. The zero-order valence-corrected chi connectivity index (χ0v) is 13.8. The number of aryl methyl sites for hydroxylation is 2. The number of anilines is 1. The molecule has 1 amide bonds. The van der Waals surface area contributed by atoms with Gasteiger partial charge in [0, 0.05) is 11.4 Å². The largest absolute Gasteiger partial charge is 0.325 e. The molecular weight excluding hydrogens is 304 g/mol. The van der Waals surface area contributed by atoms with Crippen molar-refractivity contribution < 1.29 is 9.59 Å². The molecule has 1 aromatic heterocycles. The number of nitrogens with zero attached hydrogens (tertiary/aromatic N) is 2. The molecule has 1 heterocycles. The molecule has 1 atom stereocenters. The van der Waals surface area contributed by atoms with E-state index >= 15 is 0 Å². The molecule has 2 N–H and O–H groups in total. The smallest absolute Gasteiger partial charge is 0.249 e. The predicted octanol–water partition coefficient (Wildman–Crippen LogP) is 2.89. The van der Waals surface area contributed by atoms with E-state index in [1.807, 2.05) is 26.0 Å². The number of Topliss-reactive ketones (excluding diaryl/α,β-unsaturated/α-hetero) is 1. The molecule has 0 radical (unpaired) electrons. The first-order chi connectivity index (χ1) is 11.6. The molecule has 0 aliphatic rings. The van der Waals surface area contributed by atoms with Gasteiger partial charge in [-0.25, -0.2) is 0 Å². The Morgan fingerprint density at radius 1 is 1.29 bits per heavy atom. The van der Waals surface area contributed by atoms with Gasteiger partial charge in [0.1, 0.15) is 5.69 Å². The minimum absolute atomic E-state index is 0.112. The van der Waals surface area contributed by atoms with Crippen LogP contribution in [0.3, 0.4) is 0 Å². The number of carbonyl (C=O) groups is 2. The van der Waals surface area contributed by atoms with E-state index < -0.39 is 17.6 Å². The normalized spacial score (nSPS) is 11.5. The van der Waals surface area contributed by atoms with E-state index in [-0.39, 0.29) is 5.69 Å². The summed E-state index contributed by atoms with van der Waals surface area (Å²) in [4.78, 5) is 24.6. The average Bonchev–Trinajstić information content (AvgIpc) is 3.05. The number of amides is 1. The number of ketones is 1. The summed E-state index contributed by atoms with van der Waals surface area (Å²) in [6.45, 7) is 4.05. The van der Waals surface area contributed by atoms with Crippen molar-refractivity contribution in [2.45, 2.75) is 33.1 Å². The quantitative estimate of drug-likeness (QED) is 0.604. The molecule has 124 valence electrons. The van der Waals surface area contributed by atoms with Gasteiger partial charge in [0.2, 0.25) is 11.7 Å². The molecule has 0 aliphatic carbocycles. The summed E-state index contributed by atoms with van der Waals surface area (Å²) >= 11 is 0. The van der Waals surface area contributed by atoms with Crippen molar-refractivity contribution in [3.05, 3.63) is 47.3 Å². The summed E-state index contributed by atoms with van der Waals surface area (Å²) in [5, 5.41) is 18.5. The molecule has 0 saturated heterocycles. The zero-order chi connectivity index (χ0) is 17.5. The van der Waals surface area contributed by atoms with Crippen LogP contribution in [0.4, 0.5) is 5.69 Å². The van der Waals surface area contributed by atoms with Crippen LogP contribution in [0, 0.1) is 17.2 Å². The second-order valence-corrected chi connectivity index (χ2v) is 5.49. The number of aromatic nitrogens is 2. The van der Waals surface area contributed by atoms with Gasteiger partial charge in [0.05, 0.1) is 6.07 Å². The van der Waals surface area contributed by atoms with Gasteiger partial charge in [-0.15, -0.1) is 0 Å². The molecule has 1 unspecified atom stereocenters. The Hall–Kier alpha value is -2.94. The molecule has 0 bridgehead atoms. The third-order valence-electron chi connectivity index (χ3n) is 3.69. The number of carbonyl (C=O) groups excluding carboxylic acids is 2. The number of aromatic amines is 1. The lowest BCUT2D eigenvalue weighted by Crippen LogP contribution is -2.28. The number of hydrogen-bond acceptors (Lipinski definition) is 4. The fourth-order valence-corrected chi connectivity index (χ4v) is 2.31. The second-order valence-electron chi connectivity index (χ2n) is 5.49. The Morgan fingerprint density at radius 2 is 2.00 bits per heavy atom. The van der Waals surface area contributed by atoms with Gasteiger partial charge in [-0.1, -0.05) is 32.4 Å². The van der Waals surface area contributed by atoms with E-state index in [2.05, 4.69) is 15.5 Å². The molecular formula is C18H20N4O2. The van der Waals surface area contributed by atoms with Gasteiger partial charge < -0.3 is 5.32 Å². The highest BCUT2D eigenvalue weighted by atomic mass is 16.2. The molecule has 2 rings (SSSR count). The second kappa shape index (κ2) is 8.06. The maximum absolute atomic E-state index is 12.4. The standard InChI is InChI=1S/C18H20N4O2/c1-3-5-14-10-16(22-21-14)17(23)15(11-19)18(24)20-13-8-6-12(4-2)7-9-13/h6-10,15H,3-5H2,1-2H3,(H,20,24)(H,21,22). The summed E-state index contributed by atoms with van der Waals surface area (Å²) in [6, 6.07) is 10.7. The van der Waals surface area contributed by atoms with Crippen molar-refractivity contribution in [2.75, 3.05) is 5.32 Å². The van der Waals surface area contributed by atoms with Crippen molar-refractivity contribution in [3.8, 4) is 6.07 Å². The van der Waals surface area contributed by atoms with Crippen LogP contribution in [-0.2, 0) is 17.6 Å². The van der Waals surface area contributed by atoms with E-state index in [0.717, 1.165) is 30.5 Å². The topological polar surface area (TPSA) is 98.6 Å². The van der Waals surface area contributed by atoms with Crippen molar-refractivity contribution in [2.24, 2.45) is 5.92 Å². The monoisotopic (exact) mass is 324 g/mol. The van der Waals surface area contributed by atoms with E-state index in [9.17, 15) is 14.9 Å². The lowest BCUT2D eigenvalue weighted by Gasteiger charge is -2.09. The summed E-state index contributed by atoms with van der Waals surface area (Å²) in [5.41, 5.74) is 2.62. The Balaban J connectivity index is 2.09. The van der Waals surface area contributed by atoms with Crippen molar-refractivity contribution in [1.29, 1.82) is 5.26 Å². The molecule has 1 aromatic carbocycles. The zero-order valence-electron chi connectivity index (χ0n) is 13.8. The molecule has 0 saturated carbocycles. The van der Waals surface area contributed by atoms with Crippen LogP contribution in [-0.4, -0.2) is 21.9 Å². The number of rotatable bonds is 7. The number of nitrogens with one attached hydrogen (secondary N) is 2. The Morgan fingerprint density at radius 3 is 2.58 bits per heavy atom. The molecule has 6 heteroatoms. The summed E-state index contributed by atoms with van der Waals surface area (Å²) in [5.74, 6) is -2.67. The SMILES string of the molecule is CCCc1cc(C(=O)C(C#N)C(=O)Nc2ccc(CC)cc2)n[nH]1. The van der Waals surface area contributed by atoms with Crippen molar-refractivity contribution in [1.82, 2.24) is 10.2 Å². The van der Waals surface area contributed by atoms with E-state index in [4.69, 9.17) is 0 Å². The molecule has 0 aliphatic heterocycles. The van der Waals surface area contributed by atoms with Crippen LogP contribution < -0.4 is 5.32 Å².